The van der Waals surface area contributed by atoms with Crippen LogP contribution in [0, 0.1) is 0 Å². The number of nitrogens with one attached hydrogen (secondary N) is 1. The molecule has 0 saturated heterocycles. The van der Waals surface area contributed by atoms with Crippen LogP contribution in [-0.2, 0) is 9.53 Å². The van der Waals surface area contributed by atoms with Crippen molar-refractivity contribution < 1.29 is 9.53 Å². The van der Waals surface area contributed by atoms with E-state index in [1.54, 1.807) is 33.0 Å². The van der Waals surface area contributed by atoms with Gasteiger partial charge in [-0.2, -0.15) is 0 Å². The third-order valence-corrected chi connectivity index (χ3v) is 3.10. The van der Waals surface area contributed by atoms with Crippen LogP contribution in [-0.4, -0.2) is 28.1 Å². The number of nitrogens with zero attached hydrogens (tertiary/aromatic N) is 2. The van der Waals surface area contributed by atoms with Gasteiger partial charge in [0.2, 0.25) is 5.95 Å². The molecule has 2 rings (SSSR count). The van der Waals surface area contributed by atoms with Gasteiger partial charge in [-0.1, -0.05) is 12.1 Å². The van der Waals surface area contributed by atoms with E-state index in [-0.39, 0.29) is 11.9 Å². The Morgan fingerprint density at radius 2 is 1.95 bits per heavy atom. The average Bonchev–Trinajstić information content (AvgIpc) is 2.48. The number of carbonyl (C=O) groups excluding carboxylic acids is 1. The van der Waals surface area contributed by atoms with E-state index in [1.165, 1.54) is 0 Å². The van der Waals surface area contributed by atoms with Crippen molar-refractivity contribution >= 4 is 17.6 Å². The van der Waals surface area contributed by atoms with E-state index in [0.717, 1.165) is 16.9 Å². The number of ether oxygens (including phenoxy) is 1. The fourth-order valence-corrected chi connectivity index (χ4v) is 1.98. The van der Waals surface area contributed by atoms with Crippen LogP contribution >= 0.6 is 0 Å². The number of rotatable bonds is 5. The number of esters is 1. The number of aromatic nitrogens is 2. The summed E-state index contributed by atoms with van der Waals surface area (Å²) in [5.74, 6) is -0.0502. The molecule has 1 heterocycles. The summed E-state index contributed by atoms with van der Waals surface area (Å²) < 4.78 is 5.05. The quantitative estimate of drug-likeness (QED) is 0.824. The maximum Gasteiger partial charge on any atom is 0.331 e. The van der Waals surface area contributed by atoms with E-state index in [2.05, 4.69) is 15.3 Å². The van der Waals surface area contributed by atoms with Gasteiger partial charge in [0.1, 0.15) is 5.54 Å². The number of anilines is 2. The van der Waals surface area contributed by atoms with Crippen LogP contribution in [0.25, 0.3) is 11.3 Å². The van der Waals surface area contributed by atoms with E-state index in [1.807, 2.05) is 24.3 Å². The van der Waals surface area contributed by atoms with Crippen molar-refractivity contribution in [1.82, 2.24) is 9.97 Å². The van der Waals surface area contributed by atoms with Crippen molar-refractivity contribution in [3.8, 4) is 11.3 Å². The summed E-state index contributed by atoms with van der Waals surface area (Å²) >= 11 is 0. The molecule has 116 valence electrons. The number of hydrogen-bond acceptors (Lipinski definition) is 6. The Balaban J connectivity index is 2.14. The minimum absolute atomic E-state index is 0.239. The maximum atomic E-state index is 11.9. The monoisotopic (exact) mass is 300 g/mol. The van der Waals surface area contributed by atoms with Gasteiger partial charge in [-0.15, -0.1) is 0 Å². The molecule has 3 N–H and O–H groups in total. The van der Waals surface area contributed by atoms with Crippen LogP contribution in [0.2, 0.25) is 0 Å². The molecule has 0 fully saturated rings. The zero-order chi connectivity index (χ0) is 16.2. The van der Waals surface area contributed by atoms with Gasteiger partial charge in [0.15, 0.2) is 0 Å². The van der Waals surface area contributed by atoms with Crippen molar-refractivity contribution in [2.45, 2.75) is 26.3 Å². The summed E-state index contributed by atoms with van der Waals surface area (Å²) in [6.07, 6.45) is 1.62. The summed E-state index contributed by atoms with van der Waals surface area (Å²) in [5.41, 5.74) is 7.29. The highest BCUT2D eigenvalue weighted by Gasteiger charge is 2.28. The lowest BCUT2D eigenvalue weighted by atomic mass is 10.0. The van der Waals surface area contributed by atoms with E-state index < -0.39 is 5.54 Å². The van der Waals surface area contributed by atoms with Gasteiger partial charge in [-0.25, -0.2) is 14.8 Å². The van der Waals surface area contributed by atoms with Crippen molar-refractivity contribution in [1.29, 1.82) is 0 Å². The van der Waals surface area contributed by atoms with Gasteiger partial charge in [0.25, 0.3) is 0 Å². The first-order valence-corrected chi connectivity index (χ1v) is 7.07. The SMILES string of the molecule is CCOC(=O)C(C)(C)Nc1ccc(-c2ccnc(N)n2)cc1. The second-order valence-electron chi connectivity index (χ2n) is 5.35. The Kier molecular flexibility index (Phi) is 4.60. The Morgan fingerprint density at radius 1 is 1.27 bits per heavy atom. The number of benzene rings is 1. The minimum atomic E-state index is -0.795. The molecule has 0 radical (unpaired) electrons. The van der Waals surface area contributed by atoms with Gasteiger partial charge < -0.3 is 15.8 Å². The summed E-state index contributed by atoms with van der Waals surface area (Å²) in [4.78, 5) is 19.9. The average molecular weight is 300 g/mol. The molecular weight excluding hydrogens is 280 g/mol. The molecule has 0 aliphatic heterocycles. The van der Waals surface area contributed by atoms with Gasteiger partial charge >= 0.3 is 5.97 Å². The topological polar surface area (TPSA) is 90.1 Å². The highest BCUT2D eigenvalue weighted by atomic mass is 16.5. The molecule has 0 bridgehead atoms. The summed E-state index contributed by atoms with van der Waals surface area (Å²) in [5, 5.41) is 3.16. The van der Waals surface area contributed by atoms with Gasteiger partial charge in [-0.05, 0) is 39.0 Å². The standard InChI is InChI=1S/C16H20N4O2/c1-4-22-14(21)16(2,3)20-12-7-5-11(6-8-12)13-9-10-18-15(17)19-13/h5-10,20H,4H2,1-3H3,(H2,17,18,19). The third-order valence-electron chi connectivity index (χ3n) is 3.10. The molecule has 1 aromatic heterocycles. The predicted molar refractivity (Wildman–Crippen MR) is 86.2 cm³/mol. The fraction of sp³-hybridized carbons (Fsp3) is 0.312. The molecule has 1 aromatic carbocycles. The van der Waals surface area contributed by atoms with Gasteiger partial charge in [-0.3, -0.25) is 0 Å². The highest BCUT2D eigenvalue weighted by Crippen LogP contribution is 2.22. The Hall–Kier alpha value is -2.63. The lowest BCUT2D eigenvalue weighted by molar-refractivity contribution is -0.147. The molecule has 0 saturated carbocycles. The largest absolute Gasteiger partial charge is 0.464 e. The summed E-state index contributed by atoms with van der Waals surface area (Å²) in [7, 11) is 0. The molecular formula is C16H20N4O2. The predicted octanol–water partition coefficient (Wildman–Crippen LogP) is 2.48. The third kappa shape index (κ3) is 3.72. The number of carbonyl (C=O) groups is 1. The Morgan fingerprint density at radius 3 is 2.55 bits per heavy atom. The van der Waals surface area contributed by atoms with Crippen molar-refractivity contribution in [2.75, 3.05) is 17.7 Å². The van der Waals surface area contributed by atoms with Crippen molar-refractivity contribution in [2.24, 2.45) is 0 Å². The molecule has 22 heavy (non-hydrogen) atoms. The van der Waals surface area contributed by atoms with Gasteiger partial charge in [0.05, 0.1) is 12.3 Å². The van der Waals surface area contributed by atoms with Gasteiger partial charge in [0, 0.05) is 17.4 Å². The normalized spacial score (nSPS) is 11.0. The lowest BCUT2D eigenvalue weighted by Gasteiger charge is -2.25. The molecule has 0 spiro atoms. The van der Waals surface area contributed by atoms with E-state index in [9.17, 15) is 4.79 Å². The minimum Gasteiger partial charge on any atom is -0.464 e. The number of nitrogen functional groups attached to an aromatic ring is 1. The zero-order valence-electron chi connectivity index (χ0n) is 13.0. The molecule has 0 unspecified atom stereocenters. The first-order chi connectivity index (χ1) is 10.4. The number of hydrogen-bond donors (Lipinski definition) is 2. The van der Waals surface area contributed by atoms with Crippen LogP contribution in [0.15, 0.2) is 36.5 Å². The maximum absolute atomic E-state index is 11.9. The smallest absolute Gasteiger partial charge is 0.331 e. The van der Waals surface area contributed by atoms with Crippen LogP contribution in [0.3, 0.4) is 0 Å². The molecule has 0 aliphatic rings. The first-order valence-electron chi connectivity index (χ1n) is 7.07. The Bertz CT molecular complexity index is 653. The van der Waals surface area contributed by atoms with E-state index in [0.29, 0.717) is 6.61 Å². The molecule has 0 amide bonds. The van der Waals surface area contributed by atoms with Crippen LogP contribution < -0.4 is 11.1 Å². The molecule has 0 aliphatic carbocycles. The van der Waals surface area contributed by atoms with Crippen LogP contribution in [0.5, 0.6) is 0 Å². The van der Waals surface area contributed by atoms with Crippen molar-refractivity contribution in [3.05, 3.63) is 36.5 Å². The van der Waals surface area contributed by atoms with Crippen LogP contribution in [0.1, 0.15) is 20.8 Å². The lowest BCUT2D eigenvalue weighted by Crippen LogP contribution is -2.41. The summed E-state index contributed by atoms with van der Waals surface area (Å²) in [6.45, 7) is 5.71. The molecule has 2 aromatic rings. The highest BCUT2D eigenvalue weighted by molar-refractivity contribution is 5.83. The van der Waals surface area contributed by atoms with E-state index >= 15 is 0 Å². The second kappa shape index (κ2) is 6.43. The first kappa shape index (κ1) is 15.8. The fourth-order valence-electron chi connectivity index (χ4n) is 1.98. The van der Waals surface area contributed by atoms with E-state index in [4.69, 9.17) is 10.5 Å². The van der Waals surface area contributed by atoms with Crippen LogP contribution in [0.4, 0.5) is 11.6 Å². The Labute approximate surface area is 129 Å². The summed E-state index contributed by atoms with van der Waals surface area (Å²) in [6, 6.07) is 9.38. The molecule has 6 heteroatoms. The molecule has 6 nitrogen and oxygen atoms in total. The zero-order valence-corrected chi connectivity index (χ0v) is 13.0. The second-order valence-corrected chi connectivity index (χ2v) is 5.35. The van der Waals surface area contributed by atoms with Crippen molar-refractivity contribution in [3.63, 3.8) is 0 Å². The molecule has 0 atom stereocenters. The number of nitrogens with two attached hydrogens (primary N) is 1.